The van der Waals surface area contributed by atoms with Gasteiger partial charge in [-0.15, -0.1) is 0 Å². The second kappa shape index (κ2) is 35.1. The average Bonchev–Trinajstić information content (AvgIpc) is 3.01. The number of rotatable bonds is 14. The number of aliphatic hydroxyl groups is 8. The highest BCUT2D eigenvalue weighted by Crippen LogP contribution is 2.24. The maximum atomic E-state index is 9.40. The first-order valence-electron chi connectivity index (χ1n) is 18.4. The Labute approximate surface area is 301 Å². The summed E-state index contributed by atoms with van der Waals surface area (Å²) in [6.45, 7) is 38.1. The van der Waals surface area contributed by atoms with Crippen LogP contribution in [0.2, 0.25) is 0 Å². The van der Waals surface area contributed by atoms with Crippen LogP contribution < -0.4 is 0 Å². The van der Waals surface area contributed by atoms with Crippen molar-refractivity contribution in [2.24, 2.45) is 46.8 Å². The van der Waals surface area contributed by atoms with Crippen LogP contribution in [0, 0.1) is 46.8 Å². The zero-order valence-corrected chi connectivity index (χ0v) is 34.9. The van der Waals surface area contributed by atoms with Gasteiger partial charge in [0.2, 0.25) is 0 Å². The summed E-state index contributed by atoms with van der Waals surface area (Å²) in [6, 6.07) is 0. The van der Waals surface area contributed by atoms with Gasteiger partial charge in [0.1, 0.15) is 0 Å². The summed E-state index contributed by atoms with van der Waals surface area (Å²) in [4.78, 5) is 0. The molecular formula is C40H94O8. The number of aliphatic hydroxyl groups excluding tert-OH is 6. The molecule has 48 heavy (non-hydrogen) atoms. The highest BCUT2D eigenvalue weighted by atomic mass is 16.3. The van der Waals surface area contributed by atoms with Gasteiger partial charge < -0.3 is 40.9 Å². The Bertz CT molecular complexity index is 574. The van der Waals surface area contributed by atoms with Gasteiger partial charge in [0.05, 0.1) is 36.6 Å². The van der Waals surface area contributed by atoms with Crippen molar-refractivity contribution in [1.29, 1.82) is 0 Å². The third-order valence-electron chi connectivity index (χ3n) is 9.82. The molecule has 0 aromatic rings. The van der Waals surface area contributed by atoms with E-state index in [4.69, 9.17) is 30.6 Å². The zero-order valence-electron chi connectivity index (χ0n) is 34.9. The van der Waals surface area contributed by atoms with Gasteiger partial charge in [-0.3, -0.25) is 0 Å². The topological polar surface area (TPSA) is 162 Å². The van der Waals surface area contributed by atoms with Gasteiger partial charge in [0.25, 0.3) is 0 Å². The molecule has 0 heterocycles. The van der Waals surface area contributed by atoms with Gasteiger partial charge in [-0.25, -0.2) is 0 Å². The van der Waals surface area contributed by atoms with Crippen LogP contribution >= 0.6 is 0 Å². The van der Waals surface area contributed by atoms with E-state index in [2.05, 4.69) is 0 Å². The maximum absolute atomic E-state index is 9.40. The smallest absolute Gasteiger partial charge is 0.0639 e. The van der Waals surface area contributed by atoms with Crippen molar-refractivity contribution in [2.45, 2.75) is 188 Å². The van der Waals surface area contributed by atoms with E-state index >= 15 is 0 Å². The molecule has 4 atom stereocenters. The van der Waals surface area contributed by atoms with E-state index in [-0.39, 0.29) is 57.4 Å². The molecule has 8 nitrogen and oxygen atoms in total. The Morgan fingerprint density at radius 1 is 0.458 bits per heavy atom. The molecule has 0 aliphatic heterocycles. The van der Waals surface area contributed by atoms with E-state index in [0.717, 1.165) is 25.7 Å². The molecule has 0 aliphatic carbocycles. The van der Waals surface area contributed by atoms with Crippen LogP contribution in [0.25, 0.3) is 0 Å². The fourth-order valence-electron chi connectivity index (χ4n) is 2.65. The normalized spacial score (nSPS) is 14.9. The number of hydrogen-bond donors (Lipinski definition) is 8. The van der Waals surface area contributed by atoms with Gasteiger partial charge in [-0.05, 0) is 75.0 Å². The minimum absolute atomic E-state index is 0. The van der Waals surface area contributed by atoms with E-state index in [0.29, 0.717) is 35.5 Å². The lowest BCUT2D eigenvalue weighted by atomic mass is 9.81. The van der Waals surface area contributed by atoms with Crippen molar-refractivity contribution < 1.29 is 40.9 Å². The lowest BCUT2D eigenvalue weighted by Crippen LogP contribution is -2.31. The molecule has 0 bridgehead atoms. The molecule has 0 aliphatic rings. The van der Waals surface area contributed by atoms with E-state index in [1.807, 2.05) is 132 Å². The highest BCUT2D eigenvalue weighted by Gasteiger charge is 2.26. The van der Waals surface area contributed by atoms with E-state index in [9.17, 15) is 10.2 Å². The molecule has 0 spiro atoms. The second-order valence-corrected chi connectivity index (χ2v) is 15.7. The average molecular weight is 703 g/mol. The van der Waals surface area contributed by atoms with Gasteiger partial charge >= 0.3 is 0 Å². The quantitative estimate of drug-likeness (QED) is 0.0905. The molecule has 0 fully saturated rings. The largest absolute Gasteiger partial charge is 0.396 e. The zero-order chi connectivity index (χ0) is 39.4. The minimum atomic E-state index is -0.458. The summed E-state index contributed by atoms with van der Waals surface area (Å²) >= 11 is 0. The first kappa shape index (κ1) is 62.8. The van der Waals surface area contributed by atoms with E-state index in [1.165, 1.54) is 0 Å². The van der Waals surface area contributed by atoms with Crippen LogP contribution in [0.1, 0.15) is 165 Å². The van der Waals surface area contributed by atoms with Gasteiger partial charge in [-0.1, -0.05) is 125 Å². The molecule has 0 amide bonds. The molecule has 8 heteroatoms. The molecule has 0 aromatic carbocycles. The first-order chi connectivity index (χ1) is 21.2. The highest BCUT2D eigenvalue weighted by molar-refractivity contribution is 4.75. The summed E-state index contributed by atoms with van der Waals surface area (Å²) < 4.78 is 0. The van der Waals surface area contributed by atoms with Crippen LogP contribution in [0.5, 0.6) is 0 Å². The molecule has 0 unspecified atom stereocenters. The van der Waals surface area contributed by atoms with Gasteiger partial charge in [-0.2, -0.15) is 0 Å². The molecule has 0 radical (unpaired) electrons. The fraction of sp³-hybridized carbons (Fsp3) is 1.00. The van der Waals surface area contributed by atoms with Crippen LogP contribution in [-0.2, 0) is 0 Å². The van der Waals surface area contributed by atoms with Crippen molar-refractivity contribution in [1.82, 2.24) is 0 Å². The van der Waals surface area contributed by atoms with Crippen molar-refractivity contribution in [2.75, 3.05) is 26.4 Å². The van der Waals surface area contributed by atoms with Crippen LogP contribution in [0.15, 0.2) is 0 Å². The second-order valence-electron chi connectivity index (χ2n) is 15.7. The van der Waals surface area contributed by atoms with Gasteiger partial charge in [0, 0.05) is 24.5 Å². The maximum Gasteiger partial charge on any atom is 0.0639 e. The summed E-state index contributed by atoms with van der Waals surface area (Å²) in [5.41, 5.74) is -1.22. The summed E-state index contributed by atoms with van der Waals surface area (Å²) in [6.07, 6.45) is 3.23. The summed E-state index contributed by atoms with van der Waals surface area (Å²) in [5.74, 6) is 2.35. The van der Waals surface area contributed by atoms with Crippen LogP contribution in [-0.4, -0.2) is 90.7 Å². The molecule has 0 aromatic heterocycles. The van der Waals surface area contributed by atoms with Crippen molar-refractivity contribution in [3.8, 4) is 0 Å². The standard InChI is InChI=1S/C7H16O2.2C7H16O.C6H14O2.2C6H14O.CH4/c1-6(2)7(3,4-8)5-9;2*1-5-7(4,8)6(2)3;1-5(2)6(3-7)4-8;2*1-4-6(7)5(2)3;/h6,8-9H,4-5H2,1-3H3;2*6,8H,5H2,1-4H3;5-8H,3-4H2,1-2H3;2*5-7H,4H2,1-3H3;1H4/t;2*7-;;2*6-;/m.10.10./s1. The van der Waals surface area contributed by atoms with E-state index in [1.54, 1.807) is 0 Å². The van der Waals surface area contributed by atoms with E-state index < -0.39 is 11.2 Å². The Balaban J connectivity index is -0.0000000839. The molecule has 0 saturated heterocycles. The lowest BCUT2D eigenvalue weighted by molar-refractivity contribution is 0.00966. The SMILES string of the molecule is C.CC(C)C(C)(CO)CO.CC(C)C(CO)CO.CC[C@@H](O)C(C)C.CC[C@@](C)(O)C(C)C.CC[C@H](O)C(C)C.CC[C@](C)(O)C(C)C. The fourth-order valence-corrected chi connectivity index (χ4v) is 2.65. The monoisotopic (exact) mass is 703 g/mol. The Hall–Kier alpha value is -0.320. The molecule has 0 rings (SSSR count). The molecular weight excluding hydrogens is 608 g/mol. The minimum Gasteiger partial charge on any atom is -0.396 e. The van der Waals surface area contributed by atoms with Crippen LogP contribution in [0.4, 0.5) is 0 Å². The Kier molecular flexibility index (Phi) is 45.9. The third kappa shape index (κ3) is 36.9. The van der Waals surface area contributed by atoms with Crippen molar-refractivity contribution in [3.05, 3.63) is 0 Å². The van der Waals surface area contributed by atoms with Crippen molar-refractivity contribution >= 4 is 0 Å². The summed E-state index contributed by atoms with van der Waals surface area (Å²) in [7, 11) is 0. The first-order valence-corrected chi connectivity index (χ1v) is 18.4. The molecule has 302 valence electrons. The molecule has 8 N–H and O–H groups in total. The lowest BCUT2D eigenvalue weighted by Gasteiger charge is -2.28. The number of hydrogen-bond acceptors (Lipinski definition) is 8. The van der Waals surface area contributed by atoms with Gasteiger partial charge in [0.15, 0.2) is 0 Å². The predicted octanol–water partition coefficient (Wildman–Crippen LogP) is 7.95. The molecule has 0 saturated carbocycles. The predicted molar refractivity (Wildman–Crippen MR) is 210 cm³/mol. The Morgan fingerprint density at radius 3 is 0.708 bits per heavy atom. The summed E-state index contributed by atoms with van der Waals surface area (Å²) in [5, 5.41) is 71.3. The van der Waals surface area contributed by atoms with Crippen LogP contribution in [0.3, 0.4) is 0 Å². The Morgan fingerprint density at radius 2 is 0.708 bits per heavy atom. The van der Waals surface area contributed by atoms with Crippen molar-refractivity contribution in [3.63, 3.8) is 0 Å². The third-order valence-corrected chi connectivity index (χ3v) is 9.82.